The SMILES string of the molecule is CC(C)NC(=O)C1CCC(n2c(NC(=O)c3ccc(F)cc3)nc3ccc(CN4CCCCC4C(=O)O)cc32)CC1. The van der Waals surface area contributed by atoms with Gasteiger partial charge >= 0.3 is 5.97 Å². The molecule has 1 aliphatic heterocycles. The lowest BCUT2D eigenvalue weighted by atomic mass is 9.85. The van der Waals surface area contributed by atoms with Gasteiger partial charge < -0.3 is 15.0 Å². The largest absolute Gasteiger partial charge is 0.480 e. The van der Waals surface area contributed by atoms with Crippen molar-refractivity contribution < 1.29 is 23.9 Å². The molecular weight excluding hydrogens is 525 g/mol. The van der Waals surface area contributed by atoms with Crippen LogP contribution in [0.5, 0.6) is 0 Å². The molecule has 1 aliphatic carbocycles. The van der Waals surface area contributed by atoms with Gasteiger partial charge in [-0.25, -0.2) is 9.37 Å². The van der Waals surface area contributed by atoms with Crippen LogP contribution < -0.4 is 10.6 Å². The zero-order valence-electron chi connectivity index (χ0n) is 23.6. The fourth-order valence-electron chi connectivity index (χ4n) is 6.16. The van der Waals surface area contributed by atoms with Crippen molar-refractivity contribution in [3.63, 3.8) is 0 Å². The third kappa shape index (κ3) is 6.59. The number of anilines is 1. The zero-order chi connectivity index (χ0) is 29.1. The second-order valence-corrected chi connectivity index (χ2v) is 11.6. The van der Waals surface area contributed by atoms with E-state index in [1.165, 1.54) is 24.3 Å². The van der Waals surface area contributed by atoms with Crippen LogP contribution >= 0.6 is 0 Å². The van der Waals surface area contributed by atoms with E-state index < -0.39 is 17.8 Å². The Morgan fingerprint density at radius 3 is 2.44 bits per heavy atom. The molecule has 2 fully saturated rings. The van der Waals surface area contributed by atoms with E-state index in [2.05, 4.69) is 15.2 Å². The lowest BCUT2D eigenvalue weighted by Crippen LogP contribution is -2.43. The monoisotopic (exact) mass is 563 g/mol. The number of aliphatic carboxylic acids is 1. The topological polar surface area (TPSA) is 117 Å². The van der Waals surface area contributed by atoms with Gasteiger partial charge in [0.15, 0.2) is 0 Å². The van der Waals surface area contributed by atoms with Gasteiger partial charge in [-0.2, -0.15) is 0 Å². The van der Waals surface area contributed by atoms with E-state index in [0.717, 1.165) is 61.7 Å². The van der Waals surface area contributed by atoms with Crippen molar-refractivity contribution in [2.75, 3.05) is 11.9 Å². The molecule has 5 rings (SSSR count). The minimum atomic E-state index is -0.792. The Hall–Kier alpha value is -3.79. The smallest absolute Gasteiger partial charge is 0.320 e. The summed E-state index contributed by atoms with van der Waals surface area (Å²) in [5.74, 6) is -1.16. The molecule has 41 heavy (non-hydrogen) atoms. The number of nitrogens with zero attached hydrogens (tertiary/aromatic N) is 3. The second-order valence-electron chi connectivity index (χ2n) is 11.6. The summed E-state index contributed by atoms with van der Waals surface area (Å²) in [4.78, 5) is 44.4. The summed E-state index contributed by atoms with van der Waals surface area (Å²) in [6, 6.07) is 10.9. The number of imidazole rings is 1. The van der Waals surface area contributed by atoms with Crippen molar-refractivity contribution in [2.45, 2.75) is 83.5 Å². The van der Waals surface area contributed by atoms with Crippen molar-refractivity contribution >= 4 is 34.8 Å². The van der Waals surface area contributed by atoms with Gasteiger partial charge in [-0.05, 0) is 101 Å². The highest BCUT2D eigenvalue weighted by Gasteiger charge is 2.31. The summed E-state index contributed by atoms with van der Waals surface area (Å²) in [7, 11) is 0. The molecule has 0 spiro atoms. The second kappa shape index (κ2) is 12.4. The number of amides is 2. The maximum atomic E-state index is 13.4. The van der Waals surface area contributed by atoms with Gasteiger partial charge in [0.25, 0.3) is 5.91 Å². The van der Waals surface area contributed by atoms with E-state index in [1.807, 2.05) is 36.9 Å². The number of aromatic nitrogens is 2. The van der Waals surface area contributed by atoms with E-state index in [4.69, 9.17) is 4.98 Å². The fourth-order valence-corrected chi connectivity index (χ4v) is 6.16. The van der Waals surface area contributed by atoms with Crippen LogP contribution in [0.3, 0.4) is 0 Å². The Morgan fingerprint density at radius 1 is 1.02 bits per heavy atom. The lowest BCUT2D eigenvalue weighted by Gasteiger charge is -2.33. The number of halogens is 1. The third-order valence-corrected chi connectivity index (χ3v) is 8.23. The number of fused-ring (bicyclic) bond motifs is 1. The molecule has 2 heterocycles. The predicted octanol–water partition coefficient (Wildman–Crippen LogP) is 5.12. The van der Waals surface area contributed by atoms with Crippen LogP contribution in [-0.2, 0) is 16.1 Å². The maximum absolute atomic E-state index is 13.4. The van der Waals surface area contributed by atoms with E-state index >= 15 is 0 Å². The van der Waals surface area contributed by atoms with Crippen LogP contribution in [0, 0.1) is 11.7 Å². The van der Waals surface area contributed by atoms with Crippen LogP contribution in [0.25, 0.3) is 11.0 Å². The van der Waals surface area contributed by atoms with E-state index in [-0.39, 0.29) is 29.8 Å². The van der Waals surface area contributed by atoms with Gasteiger partial charge in [0, 0.05) is 30.1 Å². The highest BCUT2D eigenvalue weighted by Crippen LogP contribution is 2.37. The highest BCUT2D eigenvalue weighted by molar-refractivity contribution is 6.04. The van der Waals surface area contributed by atoms with Gasteiger partial charge in [0.2, 0.25) is 11.9 Å². The minimum Gasteiger partial charge on any atom is -0.480 e. The first kappa shape index (κ1) is 28.7. The van der Waals surface area contributed by atoms with Crippen LogP contribution in [0.15, 0.2) is 42.5 Å². The number of hydrogen-bond donors (Lipinski definition) is 3. The van der Waals surface area contributed by atoms with Crippen LogP contribution in [0.2, 0.25) is 0 Å². The molecule has 218 valence electrons. The first-order valence-electron chi connectivity index (χ1n) is 14.5. The summed E-state index contributed by atoms with van der Waals surface area (Å²) in [5.41, 5.74) is 2.88. The average molecular weight is 564 g/mol. The first-order valence-corrected chi connectivity index (χ1v) is 14.5. The van der Waals surface area contributed by atoms with Crippen LogP contribution in [0.1, 0.15) is 80.8 Å². The molecule has 0 bridgehead atoms. The summed E-state index contributed by atoms with van der Waals surface area (Å²) in [6.45, 7) is 5.15. The zero-order valence-corrected chi connectivity index (χ0v) is 23.6. The molecule has 0 radical (unpaired) electrons. The standard InChI is InChI=1S/C31H38FN5O4/c1-19(2)33-28(38)22-9-13-24(14-10-22)37-27-17-20(18-36-16-4-3-5-26(36)30(40)41)6-15-25(27)34-31(37)35-29(39)21-7-11-23(32)12-8-21/h6-8,11-12,15,17,19,22,24,26H,3-5,9-10,13-14,16,18H2,1-2H3,(H,33,38)(H,40,41)(H,34,35,39). The molecule has 2 aromatic carbocycles. The molecule has 1 aromatic heterocycles. The number of carboxylic acids is 1. The lowest BCUT2D eigenvalue weighted by molar-refractivity contribution is -0.144. The Balaban J connectivity index is 1.45. The molecule has 3 N–H and O–H groups in total. The third-order valence-electron chi connectivity index (χ3n) is 8.23. The van der Waals surface area contributed by atoms with Gasteiger partial charge in [0.1, 0.15) is 11.9 Å². The van der Waals surface area contributed by atoms with Crippen molar-refractivity contribution in [3.8, 4) is 0 Å². The van der Waals surface area contributed by atoms with Gasteiger partial charge in [-0.1, -0.05) is 12.5 Å². The van der Waals surface area contributed by atoms with Crippen LogP contribution in [0.4, 0.5) is 10.3 Å². The summed E-state index contributed by atoms with van der Waals surface area (Å²) in [6.07, 6.45) is 5.47. The van der Waals surface area contributed by atoms with Crippen molar-refractivity contribution in [1.29, 1.82) is 0 Å². The number of carbonyl (C=O) groups is 3. The molecule has 1 saturated carbocycles. The normalized spacial score (nSPS) is 21.6. The van der Waals surface area contributed by atoms with E-state index in [0.29, 0.717) is 24.5 Å². The number of benzene rings is 2. The summed E-state index contributed by atoms with van der Waals surface area (Å²) < 4.78 is 15.5. The number of likely N-dealkylation sites (tertiary alicyclic amines) is 1. The van der Waals surface area contributed by atoms with E-state index in [1.54, 1.807) is 0 Å². The molecule has 10 heteroatoms. The minimum absolute atomic E-state index is 0.0172. The number of carbonyl (C=O) groups excluding carboxylic acids is 2. The molecule has 2 aliphatic rings. The number of carboxylic acid groups (broad SMARTS) is 1. The van der Waals surface area contributed by atoms with E-state index in [9.17, 15) is 23.9 Å². The summed E-state index contributed by atoms with van der Waals surface area (Å²) >= 11 is 0. The van der Waals surface area contributed by atoms with Crippen LogP contribution in [-0.4, -0.2) is 56.0 Å². The molecule has 1 unspecified atom stereocenters. The van der Waals surface area contributed by atoms with Crippen molar-refractivity contribution in [2.24, 2.45) is 5.92 Å². The predicted molar refractivity (Wildman–Crippen MR) is 154 cm³/mol. The highest BCUT2D eigenvalue weighted by atomic mass is 19.1. The molecular formula is C31H38FN5O4. The summed E-state index contributed by atoms with van der Waals surface area (Å²) in [5, 5.41) is 15.7. The van der Waals surface area contributed by atoms with Crippen molar-refractivity contribution in [3.05, 3.63) is 59.4 Å². The molecule has 1 saturated heterocycles. The Morgan fingerprint density at radius 2 is 1.76 bits per heavy atom. The van der Waals surface area contributed by atoms with Gasteiger partial charge in [-0.15, -0.1) is 0 Å². The number of piperidine rings is 1. The van der Waals surface area contributed by atoms with Gasteiger partial charge in [0.05, 0.1) is 11.0 Å². The number of hydrogen-bond acceptors (Lipinski definition) is 5. The Kier molecular flexibility index (Phi) is 8.68. The average Bonchev–Trinajstić information content (AvgIpc) is 3.30. The maximum Gasteiger partial charge on any atom is 0.320 e. The Labute approximate surface area is 239 Å². The number of rotatable bonds is 8. The Bertz CT molecular complexity index is 1410. The first-order chi connectivity index (χ1) is 19.7. The quantitative estimate of drug-likeness (QED) is 0.350. The van der Waals surface area contributed by atoms with Gasteiger partial charge in [-0.3, -0.25) is 24.6 Å². The molecule has 9 nitrogen and oxygen atoms in total. The van der Waals surface area contributed by atoms with Crippen molar-refractivity contribution in [1.82, 2.24) is 19.8 Å². The molecule has 2 amide bonds. The fraction of sp³-hybridized carbons (Fsp3) is 0.484. The number of nitrogens with one attached hydrogen (secondary N) is 2. The molecule has 3 aromatic rings. The molecule has 1 atom stereocenters.